The number of nitrogens with one attached hydrogen (secondary N) is 1. The smallest absolute Gasteiger partial charge is 0.266 e. The van der Waals surface area contributed by atoms with Crippen molar-refractivity contribution in [3.8, 4) is 0 Å². The number of hydrogen-bond donors (Lipinski definition) is 1. The summed E-state index contributed by atoms with van der Waals surface area (Å²) in [4.78, 5) is 22.0. The summed E-state index contributed by atoms with van der Waals surface area (Å²) in [5.41, 5.74) is 1.12. The van der Waals surface area contributed by atoms with Crippen molar-refractivity contribution in [2.45, 2.75) is 13.8 Å². The lowest BCUT2D eigenvalue weighted by Gasteiger charge is -2.04. The van der Waals surface area contributed by atoms with Crippen molar-refractivity contribution in [3.05, 3.63) is 36.8 Å². The van der Waals surface area contributed by atoms with Crippen molar-refractivity contribution in [1.82, 2.24) is 9.97 Å². The highest BCUT2D eigenvalue weighted by molar-refractivity contribution is 9.11. The van der Waals surface area contributed by atoms with Crippen LogP contribution >= 0.6 is 43.2 Å². The lowest BCUT2D eigenvalue weighted by atomic mass is 10.3. The van der Waals surface area contributed by atoms with Crippen molar-refractivity contribution in [3.63, 3.8) is 0 Å². The third kappa shape index (κ3) is 2.96. The quantitative estimate of drug-likeness (QED) is 0.844. The highest BCUT2D eigenvalue weighted by Gasteiger charge is 2.13. The van der Waals surface area contributed by atoms with Crippen LogP contribution in [0.1, 0.15) is 20.1 Å². The number of thiophene rings is 1. The summed E-state index contributed by atoms with van der Waals surface area (Å²) in [7, 11) is 0. The van der Waals surface area contributed by atoms with Crippen LogP contribution in [0.3, 0.4) is 0 Å². The molecule has 0 radical (unpaired) electrons. The van der Waals surface area contributed by atoms with Crippen LogP contribution in [0.25, 0.3) is 0 Å². The van der Waals surface area contributed by atoms with Gasteiger partial charge in [-0.3, -0.25) is 4.79 Å². The Morgan fingerprint density at radius 2 is 2.11 bits per heavy atom. The number of aromatic nitrogens is 2. The van der Waals surface area contributed by atoms with Gasteiger partial charge in [0.15, 0.2) is 5.82 Å². The van der Waals surface area contributed by atoms with E-state index in [2.05, 4.69) is 47.1 Å². The van der Waals surface area contributed by atoms with Crippen molar-refractivity contribution in [1.29, 1.82) is 0 Å². The predicted octanol–water partition coefficient (Wildman–Crippen LogP) is 3.93. The van der Waals surface area contributed by atoms with Gasteiger partial charge in [0, 0.05) is 4.88 Å². The highest BCUT2D eigenvalue weighted by atomic mass is 79.9. The Labute approximate surface area is 125 Å². The topological polar surface area (TPSA) is 54.9 Å². The van der Waals surface area contributed by atoms with Gasteiger partial charge in [-0.25, -0.2) is 9.97 Å². The van der Waals surface area contributed by atoms with Gasteiger partial charge >= 0.3 is 0 Å². The van der Waals surface area contributed by atoms with E-state index in [0.29, 0.717) is 19.9 Å². The van der Waals surface area contributed by atoms with E-state index in [1.165, 1.54) is 17.5 Å². The minimum atomic E-state index is -0.173. The van der Waals surface area contributed by atoms with Gasteiger partial charge in [0.25, 0.3) is 5.91 Å². The molecule has 0 unspecified atom stereocenters. The maximum absolute atomic E-state index is 12.0. The molecule has 4 nitrogen and oxygen atoms in total. The van der Waals surface area contributed by atoms with Gasteiger partial charge in [0.05, 0.1) is 11.1 Å². The van der Waals surface area contributed by atoms with E-state index >= 15 is 0 Å². The maximum Gasteiger partial charge on any atom is 0.266 e. The van der Waals surface area contributed by atoms with E-state index in [-0.39, 0.29) is 5.91 Å². The van der Waals surface area contributed by atoms with E-state index < -0.39 is 0 Å². The fourth-order valence-electron chi connectivity index (χ4n) is 1.28. The van der Waals surface area contributed by atoms with Gasteiger partial charge in [-0.05, 0) is 57.3 Å². The first-order valence-corrected chi connectivity index (χ1v) is 7.44. The van der Waals surface area contributed by atoms with Crippen LogP contribution in [0.4, 0.5) is 5.82 Å². The van der Waals surface area contributed by atoms with Gasteiger partial charge in [0.1, 0.15) is 9.21 Å². The zero-order valence-electron chi connectivity index (χ0n) is 9.62. The molecule has 2 aromatic rings. The molecule has 0 bridgehead atoms. The summed E-state index contributed by atoms with van der Waals surface area (Å²) in [6.45, 7) is 3.98. The van der Waals surface area contributed by atoms with Crippen molar-refractivity contribution < 1.29 is 4.79 Å². The number of carbonyl (C=O) groups is 1. The lowest BCUT2D eigenvalue weighted by Crippen LogP contribution is -2.12. The van der Waals surface area contributed by atoms with Crippen LogP contribution in [0.2, 0.25) is 0 Å². The molecular formula is C11H9Br2N3OS. The second kappa shape index (κ2) is 5.46. The van der Waals surface area contributed by atoms with Crippen LogP contribution in [0.5, 0.6) is 0 Å². The van der Waals surface area contributed by atoms with Crippen LogP contribution in [-0.2, 0) is 0 Å². The molecule has 1 N–H and O–H groups in total. The van der Waals surface area contributed by atoms with Crippen LogP contribution < -0.4 is 5.32 Å². The van der Waals surface area contributed by atoms with E-state index in [9.17, 15) is 4.79 Å². The van der Waals surface area contributed by atoms with Gasteiger partial charge in [-0.15, -0.1) is 11.3 Å². The van der Waals surface area contributed by atoms with Crippen LogP contribution in [0, 0.1) is 13.8 Å². The summed E-state index contributed by atoms with van der Waals surface area (Å²) in [6.07, 6.45) is 1.53. The molecule has 7 heteroatoms. The minimum Gasteiger partial charge on any atom is -0.304 e. The average molecular weight is 391 g/mol. The Morgan fingerprint density at radius 3 is 2.67 bits per heavy atom. The SMILES string of the molecule is Cc1cc(C(=O)Nc2ncc(Br)nc2Br)sc1C. The number of rotatable bonds is 2. The zero-order chi connectivity index (χ0) is 13.3. The lowest BCUT2D eigenvalue weighted by molar-refractivity contribution is 0.103. The van der Waals surface area contributed by atoms with Crippen molar-refractivity contribution in [2.75, 3.05) is 5.32 Å². The largest absolute Gasteiger partial charge is 0.304 e. The van der Waals surface area contributed by atoms with Crippen LogP contribution in [-0.4, -0.2) is 15.9 Å². The Morgan fingerprint density at radius 1 is 1.39 bits per heavy atom. The van der Waals surface area contributed by atoms with E-state index in [1.54, 1.807) is 0 Å². The molecule has 18 heavy (non-hydrogen) atoms. The Hall–Kier alpha value is -0.790. The van der Waals surface area contributed by atoms with Crippen molar-refractivity contribution in [2.24, 2.45) is 0 Å². The molecule has 2 heterocycles. The third-order valence-electron chi connectivity index (χ3n) is 2.32. The average Bonchev–Trinajstić information content (AvgIpc) is 2.63. The molecule has 0 aliphatic carbocycles. The second-order valence-electron chi connectivity index (χ2n) is 3.64. The number of halogens is 2. The van der Waals surface area contributed by atoms with Gasteiger partial charge in [0.2, 0.25) is 0 Å². The fourth-order valence-corrected chi connectivity index (χ4v) is 3.12. The third-order valence-corrected chi connectivity index (χ3v) is 4.41. The maximum atomic E-state index is 12.0. The Kier molecular flexibility index (Phi) is 4.14. The summed E-state index contributed by atoms with van der Waals surface area (Å²) < 4.78 is 1.10. The second-order valence-corrected chi connectivity index (χ2v) is 6.46. The molecule has 0 aliphatic heterocycles. The summed E-state index contributed by atoms with van der Waals surface area (Å²) in [5.74, 6) is 0.237. The zero-order valence-corrected chi connectivity index (χ0v) is 13.6. The summed E-state index contributed by atoms with van der Waals surface area (Å²) >= 11 is 7.92. The molecule has 2 aromatic heterocycles. The minimum absolute atomic E-state index is 0.173. The first kappa shape index (κ1) is 13.6. The normalized spacial score (nSPS) is 10.4. The number of carbonyl (C=O) groups excluding carboxylic acids is 1. The molecule has 2 rings (SSSR count). The van der Waals surface area contributed by atoms with Gasteiger partial charge < -0.3 is 5.32 Å². The van der Waals surface area contributed by atoms with E-state index in [4.69, 9.17) is 0 Å². The summed E-state index contributed by atoms with van der Waals surface area (Å²) in [6, 6.07) is 1.87. The Bertz CT molecular complexity index is 593. The van der Waals surface area contributed by atoms with E-state index in [0.717, 1.165) is 10.4 Å². The van der Waals surface area contributed by atoms with Gasteiger partial charge in [-0.2, -0.15) is 0 Å². The number of amides is 1. The number of hydrogen-bond acceptors (Lipinski definition) is 4. The molecule has 1 amide bonds. The molecule has 0 aliphatic rings. The molecular weight excluding hydrogens is 382 g/mol. The fraction of sp³-hybridized carbons (Fsp3) is 0.182. The number of anilines is 1. The number of aryl methyl sites for hydroxylation is 2. The molecule has 0 aromatic carbocycles. The van der Waals surface area contributed by atoms with Crippen molar-refractivity contribution >= 4 is 54.9 Å². The molecule has 0 spiro atoms. The molecule has 0 fully saturated rings. The number of nitrogens with zero attached hydrogens (tertiary/aromatic N) is 2. The first-order valence-electron chi connectivity index (χ1n) is 5.04. The summed E-state index contributed by atoms with van der Waals surface area (Å²) in [5, 5.41) is 2.72. The van der Waals surface area contributed by atoms with Gasteiger partial charge in [-0.1, -0.05) is 0 Å². The standard InChI is InChI=1S/C11H9Br2N3OS/c1-5-3-7(18-6(5)2)11(17)16-10-9(13)15-8(12)4-14-10/h3-4H,1-2H3,(H,14,16,17). The molecule has 0 atom stereocenters. The predicted molar refractivity (Wildman–Crippen MR) is 79.2 cm³/mol. The molecule has 0 saturated carbocycles. The monoisotopic (exact) mass is 389 g/mol. The molecule has 94 valence electrons. The highest BCUT2D eigenvalue weighted by Crippen LogP contribution is 2.23. The molecule has 0 saturated heterocycles. The van der Waals surface area contributed by atoms with Crippen LogP contribution in [0.15, 0.2) is 21.5 Å². The Balaban J connectivity index is 2.21. The first-order chi connectivity index (χ1) is 8.47. The van der Waals surface area contributed by atoms with E-state index in [1.807, 2.05) is 19.9 Å².